The van der Waals surface area contributed by atoms with E-state index in [-0.39, 0.29) is 29.6 Å². The van der Waals surface area contributed by atoms with Crippen LogP contribution in [0.25, 0.3) is 11.2 Å². The first-order valence-corrected chi connectivity index (χ1v) is 9.53. The van der Waals surface area contributed by atoms with Crippen molar-refractivity contribution < 1.29 is 14.3 Å². The van der Waals surface area contributed by atoms with Crippen molar-refractivity contribution in [1.82, 2.24) is 28.5 Å². The van der Waals surface area contributed by atoms with Gasteiger partial charge in [0.25, 0.3) is 5.56 Å². The van der Waals surface area contributed by atoms with E-state index < -0.39 is 11.2 Å². The van der Waals surface area contributed by atoms with Crippen LogP contribution in [0.15, 0.2) is 9.59 Å². The molecule has 0 aromatic carbocycles. The number of carbonyl (C=O) groups excluding carboxylic acids is 2. The average molecular weight is 406 g/mol. The van der Waals surface area contributed by atoms with Gasteiger partial charge >= 0.3 is 11.8 Å². The Morgan fingerprint density at radius 1 is 1.07 bits per heavy atom. The number of imidazole rings is 1. The van der Waals surface area contributed by atoms with Crippen molar-refractivity contribution in [3.8, 4) is 0 Å². The summed E-state index contributed by atoms with van der Waals surface area (Å²) >= 11 is 0. The van der Waals surface area contributed by atoms with Gasteiger partial charge in [-0.2, -0.15) is 0 Å². The molecule has 0 spiro atoms. The molecule has 1 aliphatic rings. The molecule has 3 rings (SSSR count). The molecule has 0 aliphatic carbocycles. The summed E-state index contributed by atoms with van der Waals surface area (Å²) in [4.78, 5) is 56.9. The minimum atomic E-state index is -0.477. The molecule has 11 heteroatoms. The summed E-state index contributed by atoms with van der Waals surface area (Å²) < 4.78 is 8.96. The first kappa shape index (κ1) is 20.8. The fourth-order valence-corrected chi connectivity index (χ4v) is 3.51. The SMILES string of the molecule is CCOC(=O)N1CCN(Cc2nc3c(c(=O)n(C)c(=O)n3C)n2CC(C)=O)CC1. The van der Waals surface area contributed by atoms with Crippen LogP contribution in [-0.2, 0) is 36.7 Å². The number of amides is 1. The lowest BCUT2D eigenvalue weighted by Crippen LogP contribution is -2.48. The molecule has 158 valence electrons. The van der Waals surface area contributed by atoms with Crippen LogP contribution in [0.1, 0.15) is 19.7 Å². The van der Waals surface area contributed by atoms with Crippen LogP contribution in [0.5, 0.6) is 0 Å². The van der Waals surface area contributed by atoms with E-state index in [1.165, 1.54) is 18.5 Å². The van der Waals surface area contributed by atoms with Crippen LogP contribution >= 0.6 is 0 Å². The Morgan fingerprint density at radius 2 is 1.72 bits per heavy atom. The van der Waals surface area contributed by atoms with E-state index in [9.17, 15) is 19.2 Å². The lowest BCUT2D eigenvalue weighted by molar-refractivity contribution is -0.117. The van der Waals surface area contributed by atoms with Gasteiger partial charge in [-0.25, -0.2) is 14.6 Å². The van der Waals surface area contributed by atoms with Crippen molar-refractivity contribution in [2.75, 3.05) is 32.8 Å². The summed E-state index contributed by atoms with van der Waals surface area (Å²) in [7, 11) is 2.96. The molecule has 1 aliphatic heterocycles. The molecule has 29 heavy (non-hydrogen) atoms. The Labute approximate surface area is 167 Å². The Bertz CT molecular complexity index is 1060. The molecule has 2 aromatic rings. The number of aryl methyl sites for hydroxylation is 1. The lowest BCUT2D eigenvalue weighted by atomic mass is 10.3. The van der Waals surface area contributed by atoms with E-state index in [1.807, 2.05) is 0 Å². The molecule has 0 bridgehead atoms. The van der Waals surface area contributed by atoms with Gasteiger partial charge in [0.15, 0.2) is 11.2 Å². The summed E-state index contributed by atoms with van der Waals surface area (Å²) in [5, 5.41) is 0. The number of fused-ring (bicyclic) bond motifs is 1. The maximum absolute atomic E-state index is 12.7. The second kappa shape index (κ2) is 8.19. The highest BCUT2D eigenvalue weighted by atomic mass is 16.6. The Hall–Kier alpha value is -2.95. The Morgan fingerprint density at radius 3 is 2.31 bits per heavy atom. The number of aromatic nitrogens is 4. The van der Waals surface area contributed by atoms with Crippen molar-refractivity contribution in [3.63, 3.8) is 0 Å². The molecule has 2 aromatic heterocycles. The fourth-order valence-electron chi connectivity index (χ4n) is 3.51. The van der Waals surface area contributed by atoms with Gasteiger partial charge in [0.05, 0.1) is 19.7 Å². The Balaban J connectivity index is 1.92. The molecule has 3 heterocycles. The van der Waals surface area contributed by atoms with Gasteiger partial charge in [0.2, 0.25) is 0 Å². The van der Waals surface area contributed by atoms with E-state index in [2.05, 4.69) is 9.88 Å². The number of ether oxygens (including phenoxy) is 1. The molecule has 1 amide bonds. The number of rotatable bonds is 5. The fraction of sp³-hybridized carbons (Fsp3) is 0.611. The van der Waals surface area contributed by atoms with E-state index in [1.54, 1.807) is 23.4 Å². The van der Waals surface area contributed by atoms with Crippen molar-refractivity contribution in [2.24, 2.45) is 14.1 Å². The highest BCUT2D eigenvalue weighted by Crippen LogP contribution is 2.15. The maximum atomic E-state index is 12.7. The zero-order valence-corrected chi connectivity index (χ0v) is 17.2. The smallest absolute Gasteiger partial charge is 0.409 e. The molecule has 1 saturated heterocycles. The van der Waals surface area contributed by atoms with Crippen molar-refractivity contribution in [3.05, 3.63) is 26.7 Å². The van der Waals surface area contributed by atoms with Crippen LogP contribution in [0.2, 0.25) is 0 Å². The highest BCUT2D eigenvalue weighted by molar-refractivity contribution is 5.79. The molecular formula is C18H26N6O5. The number of hydrogen-bond acceptors (Lipinski definition) is 7. The number of piperazine rings is 1. The van der Waals surface area contributed by atoms with Gasteiger partial charge in [-0.3, -0.25) is 23.6 Å². The van der Waals surface area contributed by atoms with Gasteiger partial charge in [0, 0.05) is 40.3 Å². The maximum Gasteiger partial charge on any atom is 0.409 e. The molecule has 0 N–H and O–H groups in total. The minimum absolute atomic E-state index is 0.00205. The van der Waals surface area contributed by atoms with Gasteiger partial charge < -0.3 is 14.2 Å². The van der Waals surface area contributed by atoms with Gasteiger partial charge in [0.1, 0.15) is 11.6 Å². The summed E-state index contributed by atoms with van der Waals surface area (Å²) in [5.74, 6) is 0.423. The van der Waals surface area contributed by atoms with Gasteiger partial charge in [-0.1, -0.05) is 0 Å². The Kier molecular flexibility index (Phi) is 5.87. The third-order valence-corrected chi connectivity index (χ3v) is 5.07. The van der Waals surface area contributed by atoms with Crippen LogP contribution in [0.3, 0.4) is 0 Å². The predicted molar refractivity (Wildman–Crippen MR) is 105 cm³/mol. The average Bonchev–Trinajstić information content (AvgIpc) is 3.03. The highest BCUT2D eigenvalue weighted by Gasteiger charge is 2.25. The number of carbonyl (C=O) groups is 2. The number of Topliss-reactive ketones (excluding diaryl/α,β-unsaturated/α-hetero) is 1. The second-order valence-electron chi connectivity index (χ2n) is 7.16. The first-order chi connectivity index (χ1) is 13.7. The minimum Gasteiger partial charge on any atom is -0.450 e. The molecule has 11 nitrogen and oxygen atoms in total. The molecule has 0 radical (unpaired) electrons. The van der Waals surface area contributed by atoms with E-state index in [0.717, 1.165) is 4.57 Å². The van der Waals surface area contributed by atoms with Crippen LogP contribution in [0.4, 0.5) is 4.79 Å². The zero-order chi connectivity index (χ0) is 21.3. The number of hydrogen-bond donors (Lipinski definition) is 0. The molecule has 0 atom stereocenters. The van der Waals surface area contributed by atoms with Crippen LogP contribution in [-0.4, -0.2) is 73.1 Å². The summed E-state index contributed by atoms with van der Waals surface area (Å²) in [6.45, 7) is 6.21. The zero-order valence-electron chi connectivity index (χ0n) is 17.2. The van der Waals surface area contributed by atoms with Crippen LogP contribution < -0.4 is 11.2 Å². The van der Waals surface area contributed by atoms with E-state index in [4.69, 9.17) is 4.74 Å². The van der Waals surface area contributed by atoms with Crippen LogP contribution in [0, 0.1) is 0 Å². The summed E-state index contributed by atoms with van der Waals surface area (Å²) in [5.41, 5.74) is -0.440. The topological polar surface area (TPSA) is 112 Å². The lowest BCUT2D eigenvalue weighted by Gasteiger charge is -2.33. The van der Waals surface area contributed by atoms with Crippen molar-refractivity contribution in [2.45, 2.75) is 26.9 Å². The second-order valence-corrected chi connectivity index (χ2v) is 7.16. The molecule has 0 unspecified atom stereocenters. The first-order valence-electron chi connectivity index (χ1n) is 9.53. The standard InChI is InChI=1S/C18H26N6O5/c1-5-29-18(28)23-8-6-22(7-9-23)11-13-19-15-14(24(13)10-12(2)25)16(26)21(4)17(27)20(15)3/h5-11H2,1-4H3. The third kappa shape index (κ3) is 3.95. The molecular weight excluding hydrogens is 380 g/mol. The normalized spacial score (nSPS) is 15.1. The third-order valence-electron chi connectivity index (χ3n) is 5.07. The molecule has 1 fully saturated rings. The molecule has 0 saturated carbocycles. The number of nitrogens with zero attached hydrogens (tertiary/aromatic N) is 6. The summed E-state index contributed by atoms with van der Waals surface area (Å²) in [6.07, 6.45) is -0.325. The largest absolute Gasteiger partial charge is 0.450 e. The van der Waals surface area contributed by atoms with Gasteiger partial charge in [-0.05, 0) is 13.8 Å². The quantitative estimate of drug-likeness (QED) is 0.645. The van der Waals surface area contributed by atoms with E-state index in [0.29, 0.717) is 45.2 Å². The monoisotopic (exact) mass is 406 g/mol. The summed E-state index contributed by atoms with van der Waals surface area (Å²) in [6, 6.07) is 0. The van der Waals surface area contributed by atoms with E-state index >= 15 is 0 Å². The predicted octanol–water partition coefficient (Wildman–Crippen LogP) is -0.703. The van der Waals surface area contributed by atoms with Crippen molar-refractivity contribution in [1.29, 1.82) is 0 Å². The van der Waals surface area contributed by atoms with Gasteiger partial charge in [-0.15, -0.1) is 0 Å². The number of ketones is 1. The van der Waals surface area contributed by atoms with Crippen molar-refractivity contribution >= 4 is 23.0 Å².